The Kier molecular flexibility index (Phi) is 6.78. The highest BCUT2D eigenvalue weighted by Crippen LogP contribution is 2.55. The minimum absolute atomic E-state index is 0.0983. The van der Waals surface area contributed by atoms with Gasteiger partial charge in [0.15, 0.2) is 0 Å². The highest BCUT2D eigenvalue weighted by Gasteiger charge is 2.75. The predicted molar refractivity (Wildman–Crippen MR) is 74.8 cm³/mol. The Morgan fingerprint density at radius 2 is 1.07 bits per heavy atom. The normalized spacial score (nSPS) is 14.9. The second-order valence-electron chi connectivity index (χ2n) is 6.27. The van der Waals surface area contributed by atoms with E-state index in [9.17, 15) is 61.5 Å². The Morgan fingerprint density at radius 3 is 1.47 bits per heavy atom. The van der Waals surface area contributed by atoms with Crippen molar-refractivity contribution < 1.29 is 61.5 Å². The van der Waals surface area contributed by atoms with Crippen molar-refractivity contribution in [2.24, 2.45) is 0 Å². The lowest BCUT2D eigenvalue weighted by atomic mass is 9.89. The zero-order chi connectivity index (χ0) is 24.0. The number of benzene rings is 1. The Bertz CT molecular complexity index is 741. The predicted octanol–water partition coefficient (Wildman–Crippen LogP) is 7.61. The van der Waals surface area contributed by atoms with Crippen molar-refractivity contribution in [3.63, 3.8) is 0 Å². The van der Waals surface area contributed by atoms with Crippen molar-refractivity contribution in [1.29, 1.82) is 0 Å². The lowest BCUT2D eigenvalue weighted by Crippen LogP contribution is -2.51. The number of alkyl halides is 14. The summed E-state index contributed by atoms with van der Waals surface area (Å²) >= 11 is 0. The molecule has 0 bridgehead atoms. The minimum atomic E-state index is -6.88. The molecule has 0 N–H and O–H groups in total. The van der Waals surface area contributed by atoms with Crippen LogP contribution in [0.2, 0.25) is 0 Å². The van der Waals surface area contributed by atoms with E-state index in [1.807, 2.05) is 0 Å². The maximum absolute atomic E-state index is 14.1. The van der Waals surface area contributed by atoms with Gasteiger partial charge in [0.1, 0.15) is 0 Å². The van der Waals surface area contributed by atoms with Gasteiger partial charge in [-0.1, -0.05) is 25.5 Å². The first-order valence-corrected chi connectivity index (χ1v) is 7.94. The van der Waals surface area contributed by atoms with Crippen LogP contribution in [0.4, 0.5) is 61.5 Å². The van der Waals surface area contributed by atoms with Gasteiger partial charge in [0.2, 0.25) is 0 Å². The van der Waals surface area contributed by atoms with Gasteiger partial charge in [-0.25, -0.2) is 0 Å². The minimum Gasteiger partial charge on any atom is -0.194 e. The zero-order valence-electron chi connectivity index (χ0n) is 14.6. The fourth-order valence-corrected chi connectivity index (χ4v) is 2.36. The Labute approximate surface area is 159 Å². The molecule has 0 aromatic heterocycles. The van der Waals surface area contributed by atoms with E-state index in [0.29, 0.717) is 0 Å². The summed E-state index contributed by atoms with van der Waals surface area (Å²) < 4.78 is 183. The van der Waals surface area contributed by atoms with Crippen molar-refractivity contribution in [2.75, 3.05) is 0 Å². The van der Waals surface area contributed by atoms with Crippen LogP contribution in [0.5, 0.6) is 0 Å². The molecule has 14 heteroatoms. The van der Waals surface area contributed by atoms with Crippen LogP contribution < -0.4 is 0 Å². The van der Waals surface area contributed by atoms with Crippen LogP contribution in [-0.2, 0) is 18.3 Å². The van der Waals surface area contributed by atoms with Gasteiger partial charge >= 0.3 is 36.0 Å². The van der Waals surface area contributed by atoms with Crippen molar-refractivity contribution >= 4 is 0 Å². The molecule has 0 fully saturated rings. The van der Waals surface area contributed by atoms with E-state index < -0.39 is 65.2 Å². The smallest absolute Gasteiger partial charge is 0.194 e. The number of aryl methyl sites for hydroxylation is 1. The molecule has 30 heavy (non-hydrogen) atoms. The summed E-state index contributed by atoms with van der Waals surface area (Å²) in [6.45, 7) is 1.44. The van der Waals surface area contributed by atoms with E-state index in [4.69, 9.17) is 0 Å². The number of halogens is 14. The SMILES string of the molecule is CCCCc1ccc(C(F)(F)C(F)(F)C(F)(F)F)cc1C(F)(F)C(F)(F)C(F)(F)F. The van der Waals surface area contributed by atoms with Gasteiger partial charge in [0.25, 0.3) is 0 Å². The molecule has 1 aromatic carbocycles. The maximum Gasteiger partial charge on any atom is 0.460 e. The van der Waals surface area contributed by atoms with E-state index in [-0.39, 0.29) is 25.0 Å². The maximum atomic E-state index is 14.1. The molecule has 0 aliphatic carbocycles. The first-order valence-electron chi connectivity index (χ1n) is 7.94. The summed E-state index contributed by atoms with van der Waals surface area (Å²) in [7, 11) is 0. The Morgan fingerprint density at radius 1 is 0.633 bits per heavy atom. The van der Waals surface area contributed by atoms with Crippen LogP contribution >= 0.6 is 0 Å². The van der Waals surface area contributed by atoms with E-state index >= 15 is 0 Å². The number of unbranched alkanes of at least 4 members (excludes halogenated alkanes) is 1. The van der Waals surface area contributed by atoms with E-state index in [2.05, 4.69) is 0 Å². The van der Waals surface area contributed by atoms with E-state index in [0.717, 1.165) is 0 Å². The average molecular weight is 470 g/mol. The van der Waals surface area contributed by atoms with Crippen LogP contribution in [0.15, 0.2) is 18.2 Å². The topological polar surface area (TPSA) is 0 Å². The van der Waals surface area contributed by atoms with Gasteiger partial charge in [-0.3, -0.25) is 0 Å². The highest BCUT2D eigenvalue weighted by molar-refractivity contribution is 5.39. The molecule has 0 amide bonds. The fourth-order valence-electron chi connectivity index (χ4n) is 2.36. The third-order valence-electron chi connectivity index (χ3n) is 4.11. The molecule has 0 atom stereocenters. The average Bonchev–Trinajstić information content (AvgIpc) is 2.57. The zero-order valence-corrected chi connectivity index (χ0v) is 14.6. The lowest BCUT2D eigenvalue weighted by Gasteiger charge is -2.32. The second kappa shape index (κ2) is 7.74. The van der Waals surface area contributed by atoms with Crippen molar-refractivity contribution in [3.05, 3.63) is 34.9 Å². The molecule has 1 aromatic rings. The van der Waals surface area contributed by atoms with Gasteiger partial charge in [-0.15, -0.1) is 0 Å². The van der Waals surface area contributed by atoms with Crippen LogP contribution in [0.25, 0.3) is 0 Å². The molecule has 0 nitrogen and oxygen atoms in total. The molecule has 1 rings (SSSR count). The molecule has 0 saturated carbocycles. The third kappa shape index (κ3) is 4.18. The monoisotopic (exact) mass is 470 g/mol. The first-order chi connectivity index (χ1) is 13.2. The fraction of sp³-hybridized carbons (Fsp3) is 0.625. The third-order valence-corrected chi connectivity index (χ3v) is 4.11. The standard InChI is InChI=1S/C16H12F14/c1-2-3-4-8-5-6-9(11(17,18)13(21,22)15(25,26)27)7-10(8)12(19,20)14(23,24)16(28,29)30/h5-7H,2-4H2,1H3. The first kappa shape index (κ1) is 26.3. The number of hydrogen-bond donors (Lipinski definition) is 0. The molecule has 0 saturated heterocycles. The van der Waals surface area contributed by atoms with Crippen LogP contribution in [0.1, 0.15) is 36.5 Å². The van der Waals surface area contributed by atoms with Crippen molar-refractivity contribution in [3.8, 4) is 0 Å². The van der Waals surface area contributed by atoms with Gasteiger partial charge in [0, 0.05) is 11.1 Å². The summed E-state index contributed by atoms with van der Waals surface area (Å²) in [5.74, 6) is -26.1. The summed E-state index contributed by atoms with van der Waals surface area (Å²) in [6.07, 6.45) is -14.4. The summed E-state index contributed by atoms with van der Waals surface area (Å²) in [5, 5.41) is 0. The lowest BCUT2D eigenvalue weighted by molar-refractivity contribution is -0.361. The molecule has 0 aliphatic heterocycles. The van der Waals surface area contributed by atoms with Crippen LogP contribution in [-0.4, -0.2) is 24.2 Å². The quantitative estimate of drug-likeness (QED) is 0.360. The Hall–Kier alpha value is -1.76. The molecule has 0 heterocycles. The number of hydrogen-bond acceptors (Lipinski definition) is 0. The molecule has 0 aliphatic rings. The van der Waals surface area contributed by atoms with Gasteiger partial charge < -0.3 is 0 Å². The Balaban J connectivity index is 3.78. The van der Waals surface area contributed by atoms with Gasteiger partial charge in [-0.05, 0) is 24.5 Å². The molecule has 0 unspecified atom stereocenters. The van der Waals surface area contributed by atoms with Crippen molar-refractivity contribution in [2.45, 2.75) is 62.2 Å². The second-order valence-corrected chi connectivity index (χ2v) is 6.27. The highest BCUT2D eigenvalue weighted by atomic mass is 19.4. The summed E-state index contributed by atoms with van der Waals surface area (Å²) in [4.78, 5) is 0. The molecular weight excluding hydrogens is 458 g/mol. The van der Waals surface area contributed by atoms with Gasteiger partial charge in [-0.2, -0.15) is 61.5 Å². The van der Waals surface area contributed by atoms with Crippen LogP contribution in [0, 0.1) is 0 Å². The van der Waals surface area contributed by atoms with Crippen molar-refractivity contribution in [1.82, 2.24) is 0 Å². The molecule has 0 radical (unpaired) electrons. The van der Waals surface area contributed by atoms with Crippen LogP contribution in [0.3, 0.4) is 0 Å². The number of rotatable bonds is 7. The van der Waals surface area contributed by atoms with E-state index in [1.54, 1.807) is 0 Å². The summed E-state index contributed by atoms with van der Waals surface area (Å²) in [5.41, 5.74) is -5.97. The molecule has 174 valence electrons. The van der Waals surface area contributed by atoms with E-state index in [1.165, 1.54) is 6.92 Å². The molecular formula is C16H12F14. The molecule has 0 spiro atoms. The van der Waals surface area contributed by atoms with Gasteiger partial charge in [0.05, 0.1) is 0 Å². The largest absolute Gasteiger partial charge is 0.460 e. The summed E-state index contributed by atoms with van der Waals surface area (Å²) in [6, 6.07) is -0.929.